The number of amides is 2. The zero-order valence-corrected chi connectivity index (χ0v) is 26.2. The number of benzene rings is 2. The standard InChI is InChI=1S/C34H46N2O6/c1-9-21(2)29(31(38)42-34(6,7)8)35-30(37)28-18-22(41-33(3,4)5)19-36(28)32(39)40-20-27-25-16-12-10-14-23(25)24-15-11-13-17-26(24)27/h10-17,21-22,27-29H,9,18-20H2,1-8H3,(H,35,37)/t21?,22-,28+,29?/m1/s1. The summed E-state index contributed by atoms with van der Waals surface area (Å²) in [5, 5.41) is 2.91. The maximum Gasteiger partial charge on any atom is 0.410 e. The second-order valence-electron chi connectivity index (χ2n) is 13.5. The van der Waals surface area contributed by atoms with Crippen molar-refractivity contribution < 1.29 is 28.6 Å². The highest BCUT2D eigenvalue weighted by Gasteiger charge is 2.44. The smallest absolute Gasteiger partial charge is 0.410 e. The fourth-order valence-corrected chi connectivity index (χ4v) is 5.79. The van der Waals surface area contributed by atoms with Crippen molar-refractivity contribution in [1.82, 2.24) is 10.2 Å². The van der Waals surface area contributed by atoms with Crippen LogP contribution in [0.2, 0.25) is 0 Å². The van der Waals surface area contributed by atoms with Crippen LogP contribution in [0.25, 0.3) is 11.1 Å². The molecule has 1 saturated heterocycles. The van der Waals surface area contributed by atoms with Crippen LogP contribution in [0.4, 0.5) is 4.79 Å². The third-order valence-electron chi connectivity index (χ3n) is 7.83. The maximum atomic E-state index is 13.7. The number of hydrogen-bond acceptors (Lipinski definition) is 6. The molecule has 1 fully saturated rings. The summed E-state index contributed by atoms with van der Waals surface area (Å²) in [7, 11) is 0. The number of rotatable bonds is 8. The summed E-state index contributed by atoms with van der Waals surface area (Å²) < 4.78 is 17.7. The van der Waals surface area contributed by atoms with E-state index in [9.17, 15) is 14.4 Å². The molecule has 2 unspecified atom stereocenters. The predicted molar refractivity (Wildman–Crippen MR) is 162 cm³/mol. The summed E-state index contributed by atoms with van der Waals surface area (Å²) in [6.45, 7) is 15.4. The first kappa shape index (κ1) is 31.5. The highest BCUT2D eigenvalue weighted by molar-refractivity contribution is 5.90. The Morgan fingerprint density at radius 2 is 1.50 bits per heavy atom. The Kier molecular flexibility index (Phi) is 9.36. The van der Waals surface area contributed by atoms with Crippen LogP contribution < -0.4 is 5.32 Å². The van der Waals surface area contributed by atoms with E-state index in [1.165, 1.54) is 4.90 Å². The van der Waals surface area contributed by atoms with E-state index in [0.717, 1.165) is 22.3 Å². The van der Waals surface area contributed by atoms with Gasteiger partial charge in [-0.15, -0.1) is 0 Å². The van der Waals surface area contributed by atoms with Gasteiger partial charge in [-0.2, -0.15) is 0 Å². The fourth-order valence-electron chi connectivity index (χ4n) is 5.79. The average molecular weight is 579 g/mol. The number of carbonyl (C=O) groups is 3. The summed E-state index contributed by atoms with van der Waals surface area (Å²) in [6.07, 6.45) is 0.0365. The highest BCUT2D eigenvalue weighted by atomic mass is 16.6. The fraction of sp³-hybridized carbons (Fsp3) is 0.559. The zero-order chi connectivity index (χ0) is 30.8. The van der Waals surface area contributed by atoms with Crippen molar-refractivity contribution in [1.29, 1.82) is 0 Å². The van der Waals surface area contributed by atoms with Gasteiger partial charge in [0.2, 0.25) is 5.91 Å². The van der Waals surface area contributed by atoms with Crippen LogP contribution >= 0.6 is 0 Å². The minimum absolute atomic E-state index is 0.0974. The van der Waals surface area contributed by atoms with E-state index in [1.54, 1.807) is 20.8 Å². The van der Waals surface area contributed by atoms with E-state index in [-0.39, 0.29) is 31.1 Å². The summed E-state index contributed by atoms with van der Waals surface area (Å²) >= 11 is 0. The molecule has 1 N–H and O–H groups in total. The van der Waals surface area contributed by atoms with Crippen molar-refractivity contribution >= 4 is 18.0 Å². The van der Waals surface area contributed by atoms with Gasteiger partial charge in [-0.1, -0.05) is 68.8 Å². The normalized spacial score (nSPS) is 20.0. The topological polar surface area (TPSA) is 94.2 Å². The maximum absolute atomic E-state index is 13.7. The Morgan fingerprint density at radius 3 is 2.02 bits per heavy atom. The molecule has 2 aromatic carbocycles. The molecular weight excluding hydrogens is 532 g/mol. The number of nitrogens with zero attached hydrogens (tertiary/aromatic N) is 1. The largest absolute Gasteiger partial charge is 0.458 e. The van der Waals surface area contributed by atoms with Crippen LogP contribution in [0.1, 0.15) is 85.3 Å². The van der Waals surface area contributed by atoms with Crippen molar-refractivity contribution in [2.75, 3.05) is 13.2 Å². The van der Waals surface area contributed by atoms with Crippen LogP contribution in [0.5, 0.6) is 0 Å². The number of nitrogens with one attached hydrogen (secondary N) is 1. The van der Waals surface area contributed by atoms with E-state index in [4.69, 9.17) is 14.2 Å². The van der Waals surface area contributed by atoms with E-state index in [2.05, 4.69) is 29.6 Å². The molecule has 0 saturated carbocycles. The monoisotopic (exact) mass is 578 g/mol. The molecule has 1 heterocycles. The molecule has 1 aliphatic carbocycles. The van der Waals surface area contributed by atoms with Crippen molar-refractivity contribution in [2.24, 2.45) is 5.92 Å². The molecule has 2 aromatic rings. The molecule has 2 amide bonds. The summed E-state index contributed by atoms with van der Waals surface area (Å²) in [5.74, 6) is -1.16. The van der Waals surface area contributed by atoms with Crippen LogP contribution in [0.15, 0.2) is 48.5 Å². The highest BCUT2D eigenvalue weighted by Crippen LogP contribution is 2.44. The number of fused-ring (bicyclic) bond motifs is 3. The summed E-state index contributed by atoms with van der Waals surface area (Å²) in [6, 6.07) is 14.6. The van der Waals surface area contributed by atoms with Crippen LogP contribution in [-0.2, 0) is 23.8 Å². The molecule has 0 spiro atoms. The molecule has 1 aliphatic heterocycles. The minimum atomic E-state index is -0.845. The minimum Gasteiger partial charge on any atom is -0.458 e. The number of hydrogen-bond donors (Lipinski definition) is 1. The first-order valence-electron chi connectivity index (χ1n) is 15.0. The van der Waals surface area contributed by atoms with Crippen LogP contribution in [0, 0.1) is 5.92 Å². The molecule has 0 radical (unpaired) electrons. The molecule has 228 valence electrons. The van der Waals surface area contributed by atoms with Crippen molar-refractivity contribution in [3.8, 4) is 11.1 Å². The van der Waals surface area contributed by atoms with Gasteiger partial charge in [-0.25, -0.2) is 9.59 Å². The first-order valence-corrected chi connectivity index (χ1v) is 15.0. The zero-order valence-electron chi connectivity index (χ0n) is 26.2. The van der Waals surface area contributed by atoms with Crippen LogP contribution in [0.3, 0.4) is 0 Å². The Bertz CT molecular complexity index is 1250. The second kappa shape index (κ2) is 12.5. The van der Waals surface area contributed by atoms with Crippen molar-refractivity contribution in [3.63, 3.8) is 0 Å². The van der Waals surface area contributed by atoms with Gasteiger partial charge in [0.15, 0.2) is 0 Å². The Hall–Kier alpha value is -3.39. The van der Waals surface area contributed by atoms with Crippen LogP contribution in [-0.4, -0.2) is 65.4 Å². The van der Waals surface area contributed by atoms with Crippen molar-refractivity contribution in [2.45, 2.75) is 104 Å². The van der Waals surface area contributed by atoms with E-state index < -0.39 is 41.3 Å². The predicted octanol–water partition coefficient (Wildman–Crippen LogP) is 6.07. The molecule has 0 aromatic heterocycles. The number of ether oxygens (including phenoxy) is 3. The lowest BCUT2D eigenvalue weighted by Crippen LogP contribution is -2.54. The molecular formula is C34H46N2O6. The quantitative estimate of drug-likeness (QED) is 0.383. The summed E-state index contributed by atoms with van der Waals surface area (Å²) in [4.78, 5) is 41.9. The Balaban J connectivity index is 1.52. The third-order valence-corrected chi connectivity index (χ3v) is 7.83. The van der Waals surface area contributed by atoms with Gasteiger partial charge < -0.3 is 19.5 Å². The second-order valence-corrected chi connectivity index (χ2v) is 13.5. The Labute approximate surface area is 250 Å². The van der Waals surface area contributed by atoms with Crippen molar-refractivity contribution in [3.05, 3.63) is 59.7 Å². The van der Waals surface area contributed by atoms with E-state index >= 15 is 0 Å². The lowest BCUT2D eigenvalue weighted by atomic mass is 9.98. The van der Waals surface area contributed by atoms with Gasteiger partial charge >= 0.3 is 12.1 Å². The van der Waals surface area contributed by atoms with Gasteiger partial charge in [0.1, 0.15) is 24.3 Å². The van der Waals surface area contributed by atoms with Gasteiger partial charge in [-0.3, -0.25) is 9.69 Å². The summed E-state index contributed by atoms with van der Waals surface area (Å²) in [5.41, 5.74) is 3.36. The molecule has 0 bridgehead atoms. The van der Waals surface area contributed by atoms with Gasteiger partial charge in [0.05, 0.1) is 18.2 Å². The average Bonchev–Trinajstić information content (AvgIpc) is 3.47. The van der Waals surface area contributed by atoms with Gasteiger partial charge in [0.25, 0.3) is 0 Å². The number of esters is 1. The third kappa shape index (κ3) is 7.33. The molecule has 8 heteroatoms. The molecule has 8 nitrogen and oxygen atoms in total. The van der Waals surface area contributed by atoms with E-state index in [1.807, 2.05) is 58.9 Å². The van der Waals surface area contributed by atoms with Gasteiger partial charge in [-0.05, 0) is 69.7 Å². The molecule has 42 heavy (non-hydrogen) atoms. The lowest BCUT2D eigenvalue weighted by molar-refractivity contribution is -0.160. The molecule has 2 aliphatic rings. The molecule has 4 atom stereocenters. The molecule has 4 rings (SSSR count). The lowest BCUT2D eigenvalue weighted by Gasteiger charge is -2.30. The van der Waals surface area contributed by atoms with E-state index in [0.29, 0.717) is 12.8 Å². The number of carbonyl (C=O) groups excluding carboxylic acids is 3. The van der Waals surface area contributed by atoms with Gasteiger partial charge in [0, 0.05) is 12.3 Å². The number of likely N-dealkylation sites (tertiary alicyclic amines) is 1. The Morgan fingerprint density at radius 1 is 0.929 bits per heavy atom. The SMILES string of the molecule is CCC(C)C(NC(=O)[C@@H]1C[C@@H](OC(C)(C)C)CN1C(=O)OCC1c2ccccc2-c2ccccc21)C(=O)OC(C)(C)C. The first-order chi connectivity index (χ1) is 19.7.